The number of urea groups is 1. The van der Waals surface area contributed by atoms with E-state index >= 15 is 0 Å². The molecule has 1 heterocycles. The molecule has 1 saturated heterocycles. The average molecular weight is 503 g/mol. The number of hydrogen-bond donors (Lipinski definition) is 3. The first kappa shape index (κ1) is 25.7. The lowest BCUT2D eigenvalue weighted by molar-refractivity contribution is -0.132. The average Bonchev–Trinajstić information content (AvgIpc) is 3.26. The highest BCUT2D eigenvalue weighted by Crippen LogP contribution is 2.50. The fourth-order valence-electron chi connectivity index (χ4n) is 5.64. The molecule has 3 N–H and O–H groups in total. The molecule has 0 unspecified atom stereocenters. The maximum absolute atomic E-state index is 13.5. The van der Waals surface area contributed by atoms with Gasteiger partial charge >= 0.3 is 6.03 Å². The molecule has 0 radical (unpaired) electrons. The number of likely N-dealkylation sites (N-methyl/N-ethyl adjacent to an activating group) is 1. The molecular formula is C26H32F2N4O4. The summed E-state index contributed by atoms with van der Waals surface area (Å²) in [5.41, 5.74) is 0.959. The van der Waals surface area contributed by atoms with E-state index in [0.29, 0.717) is 30.9 Å². The minimum Gasteiger partial charge on any atom is -0.493 e. The van der Waals surface area contributed by atoms with Crippen LogP contribution in [0.2, 0.25) is 0 Å². The number of ether oxygens (including phenoxy) is 2. The lowest BCUT2D eigenvalue weighted by atomic mass is 9.65. The van der Waals surface area contributed by atoms with Crippen molar-refractivity contribution in [1.29, 1.82) is 0 Å². The lowest BCUT2D eigenvalue weighted by Crippen LogP contribution is -2.54. The molecule has 0 spiro atoms. The zero-order valence-electron chi connectivity index (χ0n) is 20.7. The Labute approximate surface area is 209 Å². The van der Waals surface area contributed by atoms with Crippen LogP contribution in [0.1, 0.15) is 31.2 Å². The third kappa shape index (κ3) is 4.95. The highest BCUT2D eigenvalue weighted by atomic mass is 19.2. The first-order chi connectivity index (χ1) is 17.3. The number of nitrogens with zero attached hydrogens (tertiary/aromatic N) is 1. The summed E-state index contributed by atoms with van der Waals surface area (Å²) in [6, 6.07) is 8.28. The molecule has 1 aliphatic carbocycles. The van der Waals surface area contributed by atoms with Crippen molar-refractivity contribution in [1.82, 2.24) is 15.5 Å². The molecule has 4 rings (SSSR count). The molecule has 3 atom stereocenters. The monoisotopic (exact) mass is 502 g/mol. The predicted molar refractivity (Wildman–Crippen MR) is 131 cm³/mol. The van der Waals surface area contributed by atoms with Crippen molar-refractivity contribution < 1.29 is 27.8 Å². The Morgan fingerprint density at radius 3 is 2.53 bits per heavy atom. The van der Waals surface area contributed by atoms with Crippen LogP contribution < -0.4 is 25.4 Å². The summed E-state index contributed by atoms with van der Waals surface area (Å²) in [4.78, 5) is 27.5. The SMILES string of the molecule is CNCC(=O)N1CC[C@]2(c3ccc(OC)c(OC)c3)CC[C@@H](NC(=O)Nc3ccc(F)c(F)c3)C[C@H]12. The molecule has 0 bridgehead atoms. The number of anilines is 1. The molecule has 2 aromatic carbocycles. The van der Waals surface area contributed by atoms with Gasteiger partial charge in [0, 0.05) is 35.8 Å². The van der Waals surface area contributed by atoms with E-state index in [2.05, 4.69) is 16.0 Å². The predicted octanol–water partition coefficient (Wildman–Crippen LogP) is 3.41. The Balaban J connectivity index is 1.55. The van der Waals surface area contributed by atoms with Gasteiger partial charge in [-0.2, -0.15) is 0 Å². The summed E-state index contributed by atoms with van der Waals surface area (Å²) >= 11 is 0. The van der Waals surface area contributed by atoms with E-state index in [1.807, 2.05) is 23.1 Å². The maximum Gasteiger partial charge on any atom is 0.319 e. The number of hydrogen-bond acceptors (Lipinski definition) is 5. The second-order valence-corrected chi connectivity index (χ2v) is 9.31. The number of carbonyl (C=O) groups is 2. The quantitative estimate of drug-likeness (QED) is 0.540. The Morgan fingerprint density at radius 1 is 1.06 bits per heavy atom. The van der Waals surface area contributed by atoms with Gasteiger partial charge in [-0.05, 0) is 62.6 Å². The molecule has 194 valence electrons. The lowest BCUT2D eigenvalue weighted by Gasteiger charge is -2.45. The van der Waals surface area contributed by atoms with E-state index in [1.54, 1.807) is 21.3 Å². The fourth-order valence-corrected chi connectivity index (χ4v) is 5.64. The number of carbonyl (C=O) groups excluding carboxylic acids is 2. The van der Waals surface area contributed by atoms with Crippen LogP contribution in [0.25, 0.3) is 0 Å². The molecule has 10 heteroatoms. The van der Waals surface area contributed by atoms with Crippen LogP contribution in [0, 0.1) is 11.6 Å². The van der Waals surface area contributed by atoms with Gasteiger partial charge in [0.15, 0.2) is 23.1 Å². The van der Waals surface area contributed by atoms with Gasteiger partial charge in [0.2, 0.25) is 5.91 Å². The molecule has 0 aromatic heterocycles. The summed E-state index contributed by atoms with van der Waals surface area (Å²) < 4.78 is 37.7. The van der Waals surface area contributed by atoms with Crippen molar-refractivity contribution in [3.05, 3.63) is 53.6 Å². The number of halogens is 2. The highest BCUT2D eigenvalue weighted by molar-refractivity contribution is 5.89. The van der Waals surface area contributed by atoms with Gasteiger partial charge in [-0.15, -0.1) is 0 Å². The Hall–Kier alpha value is -3.40. The normalized spacial score (nSPS) is 23.1. The van der Waals surface area contributed by atoms with Crippen LogP contribution in [-0.4, -0.2) is 63.3 Å². The van der Waals surface area contributed by atoms with Gasteiger partial charge < -0.3 is 30.3 Å². The molecule has 1 saturated carbocycles. The summed E-state index contributed by atoms with van der Waals surface area (Å²) in [5.74, 6) is -0.729. The largest absolute Gasteiger partial charge is 0.493 e. The second-order valence-electron chi connectivity index (χ2n) is 9.31. The smallest absolute Gasteiger partial charge is 0.319 e. The number of rotatable bonds is 7. The molecular weight excluding hydrogens is 470 g/mol. The number of benzene rings is 2. The van der Waals surface area contributed by atoms with Crippen LogP contribution in [-0.2, 0) is 10.2 Å². The van der Waals surface area contributed by atoms with Crippen molar-refractivity contribution in [2.24, 2.45) is 0 Å². The van der Waals surface area contributed by atoms with Gasteiger partial charge in [0.1, 0.15) is 0 Å². The molecule has 3 amide bonds. The summed E-state index contributed by atoms with van der Waals surface area (Å²) in [7, 11) is 4.93. The van der Waals surface area contributed by atoms with E-state index in [4.69, 9.17) is 9.47 Å². The fraction of sp³-hybridized carbons (Fsp3) is 0.462. The molecule has 2 aromatic rings. The van der Waals surface area contributed by atoms with E-state index in [9.17, 15) is 18.4 Å². The van der Waals surface area contributed by atoms with E-state index in [1.165, 1.54) is 6.07 Å². The number of methoxy groups -OCH3 is 2. The standard InChI is InChI=1S/C26H32F2N4O4/c1-29-15-24(33)32-11-10-26(16-4-7-21(35-2)22(12-16)36-3)9-8-18(14-23(26)32)31-25(34)30-17-5-6-19(27)20(28)13-17/h4-7,12-13,18,23,29H,8-11,14-15H2,1-3H3,(H2,30,31,34)/t18-,23+,26+/m1/s1. The van der Waals surface area contributed by atoms with Gasteiger partial charge in [0.25, 0.3) is 0 Å². The number of amides is 3. The zero-order chi connectivity index (χ0) is 25.9. The van der Waals surface area contributed by atoms with E-state index in [-0.39, 0.29) is 35.6 Å². The van der Waals surface area contributed by atoms with Crippen molar-refractivity contribution in [3.63, 3.8) is 0 Å². The van der Waals surface area contributed by atoms with Crippen molar-refractivity contribution in [2.75, 3.05) is 39.7 Å². The number of nitrogens with one attached hydrogen (secondary N) is 3. The second kappa shape index (κ2) is 10.7. The minimum absolute atomic E-state index is 0.0109. The Bertz CT molecular complexity index is 1130. The van der Waals surface area contributed by atoms with Crippen LogP contribution in [0.4, 0.5) is 19.3 Å². The topological polar surface area (TPSA) is 91.9 Å². The minimum atomic E-state index is -1.03. The first-order valence-corrected chi connectivity index (χ1v) is 12.0. The van der Waals surface area contributed by atoms with Gasteiger partial charge in [-0.1, -0.05) is 6.07 Å². The number of likely N-dealkylation sites (tertiary alicyclic amines) is 1. The Morgan fingerprint density at radius 2 is 1.83 bits per heavy atom. The summed E-state index contributed by atoms with van der Waals surface area (Å²) in [5, 5.41) is 8.45. The van der Waals surface area contributed by atoms with Crippen molar-refractivity contribution in [3.8, 4) is 11.5 Å². The summed E-state index contributed by atoms with van der Waals surface area (Å²) in [6.07, 6.45) is 2.82. The van der Waals surface area contributed by atoms with Gasteiger partial charge in [-0.3, -0.25) is 4.79 Å². The third-order valence-corrected chi connectivity index (χ3v) is 7.38. The molecule has 2 fully saturated rings. The van der Waals surface area contributed by atoms with Crippen molar-refractivity contribution in [2.45, 2.75) is 43.2 Å². The van der Waals surface area contributed by atoms with Crippen LogP contribution in [0.15, 0.2) is 36.4 Å². The van der Waals surface area contributed by atoms with Crippen LogP contribution in [0.5, 0.6) is 11.5 Å². The first-order valence-electron chi connectivity index (χ1n) is 12.0. The van der Waals surface area contributed by atoms with Crippen LogP contribution in [0.3, 0.4) is 0 Å². The Kier molecular flexibility index (Phi) is 7.63. The molecule has 36 heavy (non-hydrogen) atoms. The molecule has 8 nitrogen and oxygen atoms in total. The third-order valence-electron chi connectivity index (χ3n) is 7.38. The van der Waals surface area contributed by atoms with Crippen LogP contribution >= 0.6 is 0 Å². The van der Waals surface area contributed by atoms with E-state index < -0.39 is 17.7 Å². The van der Waals surface area contributed by atoms with Crippen molar-refractivity contribution >= 4 is 17.6 Å². The zero-order valence-corrected chi connectivity index (χ0v) is 20.7. The highest BCUT2D eigenvalue weighted by Gasteiger charge is 2.53. The molecule has 2 aliphatic rings. The number of fused-ring (bicyclic) bond motifs is 1. The maximum atomic E-state index is 13.5. The van der Waals surface area contributed by atoms with Gasteiger partial charge in [0.05, 0.1) is 20.8 Å². The van der Waals surface area contributed by atoms with Gasteiger partial charge in [-0.25, -0.2) is 13.6 Å². The summed E-state index contributed by atoms with van der Waals surface area (Å²) in [6.45, 7) is 0.848. The molecule has 1 aliphatic heterocycles. The van der Waals surface area contributed by atoms with E-state index in [0.717, 1.165) is 30.5 Å².